The van der Waals surface area contributed by atoms with Gasteiger partial charge in [0.05, 0.1) is 0 Å². The average molecular weight is 342 g/mol. The first-order valence-corrected chi connectivity index (χ1v) is 9.03. The Bertz CT molecular complexity index is 688. The van der Waals surface area contributed by atoms with Crippen LogP contribution < -0.4 is 5.32 Å². The summed E-state index contributed by atoms with van der Waals surface area (Å²) in [4.78, 5) is 18.9. The molecule has 3 rings (SSSR count). The topological polar surface area (TPSA) is 71.3 Å². The van der Waals surface area contributed by atoms with E-state index in [9.17, 15) is 4.79 Å². The summed E-state index contributed by atoms with van der Waals surface area (Å²) in [6.07, 6.45) is 3.57. The average Bonchev–Trinajstić information content (AvgIpc) is 3.06. The quantitative estimate of drug-likeness (QED) is 0.817. The summed E-state index contributed by atoms with van der Waals surface area (Å²) in [5, 5.41) is 6.77. The molecule has 1 aliphatic heterocycles. The SMILES string of the molecule is Cc1noc(-c2ccc(C(=O)NCCCN3CCC(C)CC3)cc2)n1. The van der Waals surface area contributed by atoms with Gasteiger partial charge in [0.1, 0.15) is 0 Å². The van der Waals surface area contributed by atoms with E-state index in [-0.39, 0.29) is 5.91 Å². The number of hydrogen-bond donors (Lipinski definition) is 1. The van der Waals surface area contributed by atoms with Crippen molar-refractivity contribution in [1.29, 1.82) is 0 Å². The van der Waals surface area contributed by atoms with Gasteiger partial charge >= 0.3 is 0 Å². The van der Waals surface area contributed by atoms with Gasteiger partial charge < -0.3 is 14.7 Å². The van der Waals surface area contributed by atoms with Gasteiger partial charge in [-0.15, -0.1) is 0 Å². The number of aryl methyl sites for hydroxylation is 1. The van der Waals surface area contributed by atoms with Crippen molar-refractivity contribution in [2.24, 2.45) is 5.92 Å². The van der Waals surface area contributed by atoms with Crippen LogP contribution in [0.3, 0.4) is 0 Å². The molecule has 0 spiro atoms. The number of piperidine rings is 1. The Hall–Kier alpha value is -2.21. The lowest BCUT2D eigenvalue weighted by atomic mass is 9.99. The molecule has 25 heavy (non-hydrogen) atoms. The molecule has 0 aliphatic carbocycles. The Morgan fingerprint density at radius 3 is 2.64 bits per heavy atom. The van der Waals surface area contributed by atoms with Gasteiger partial charge in [-0.1, -0.05) is 12.1 Å². The Balaban J connectivity index is 1.42. The molecule has 0 radical (unpaired) electrons. The number of benzene rings is 1. The highest BCUT2D eigenvalue weighted by Crippen LogP contribution is 2.18. The Morgan fingerprint density at radius 1 is 1.28 bits per heavy atom. The van der Waals surface area contributed by atoms with Crippen LogP contribution in [0.4, 0.5) is 0 Å². The summed E-state index contributed by atoms with van der Waals surface area (Å²) < 4.78 is 5.13. The van der Waals surface area contributed by atoms with Crippen molar-refractivity contribution in [3.63, 3.8) is 0 Å². The van der Waals surface area contributed by atoms with Crippen molar-refractivity contribution in [2.75, 3.05) is 26.2 Å². The van der Waals surface area contributed by atoms with Crippen LogP contribution in [-0.2, 0) is 0 Å². The minimum atomic E-state index is -0.0412. The van der Waals surface area contributed by atoms with Gasteiger partial charge in [-0.2, -0.15) is 4.98 Å². The molecule has 1 amide bonds. The van der Waals surface area contributed by atoms with Crippen LogP contribution in [0.2, 0.25) is 0 Å². The molecule has 0 atom stereocenters. The van der Waals surface area contributed by atoms with Crippen molar-refractivity contribution in [3.05, 3.63) is 35.7 Å². The van der Waals surface area contributed by atoms with Gasteiger partial charge in [0.15, 0.2) is 5.82 Å². The van der Waals surface area contributed by atoms with Gasteiger partial charge in [0.25, 0.3) is 11.8 Å². The van der Waals surface area contributed by atoms with E-state index in [2.05, 4.69) is 27.3 Å². The number of carbonyl (C=O) groups excluding carboxylic acids is 1. The Morgan fingerprint density at radius 2 is 2.00 bits per heavy atom. The molecule has 6 nitrogen and oxygen atoms in total. The predicted octanol–water partition coefficient (Wildman–Crippen LogP) is 2.90. The van der Waals surface area contributed by atoms with E-state index >= 15 is 0 Å². The lowest BCUT2D eigenvalue weighted by Gasteiger charge is -2.30. The second-order valence-electron chi connectivity index (χ2n) is 6.86. The molecule has 1 aromatic heterocycles. The van der Waals surface area contributed by atoms with Gasteiger partial charge in [0, 0.05) is 17.7 Å². The first-order chi connectivity index (χ1) is 12.1. The zero-order valence-corrected chi connectivity index (χ0v) is 15.0. The van der Waals surface area contributed by atoms with Crippen LogP contribution in [0.25, 0.3) is 11.5 Å². The molecule has 0 bridgehead atoms. The van der Waals surface area contributed by atoms with Crippen LogP contribution in [0.5, 0.6) is 0 Å². The molecule has 0 unspecified atom stereocenters. The minimum absolute atomic E-state index is 0.0412. The lowest BCUT2D eigenvalue weighted by molar-refractivity contribution is 0.0950. The van der Waals surface area contributed by atoms with Crippen molar-refractivity contribution in [3.8, 4) is 11.5 Å². The standard InChI is InChI=1S/C19H26N4O2/c1-14-8-12-23(13-9-14)11-3-10-20-18(24)16-4-6-17(7-5-16)19-21-15(2)22-25-19/h4-7,14H,3,8-13H2,1-2H3,(H,20,24). The highest BCUT2D eigenvalue weighted by Gasteiger charge is 2.15. The third-order valence-electron chi connectivity index (χ3n) is 4.73. The molecule has 1 aromatic carbocycles. The summed E-state index contributed by atoms with van der Waals surface area (Å²) in [6.45, 7) is 8.23. The fraction of sp³-hybridized carbons (Fsp3) is 0.526. The lowest BCUT2D eigenvalue weighted by Crippen LogP contribution is -2.35. The maximum Gasteiger partial charge on any atom is 0.257 e. The highest BCUT2D eigenvalue weighted by molar-refractivity contribution is 5.94. The van der Waals surface area contributed by atoms with Crippen LogP contribution >= 0.6 is 0 Å². The molecular formula is C19H26N4O2. The zero-order valence-electron chi connectivity index (χ0n) is 15.0. The van der Waals surface area contributed by atoms with Gasteiger partial charge in [0.2, 0.25) is 0 Å². The molecular weight excluding hydrogens is 316 g/mol. The van der Waals surface area contributed by atoms with E-state index in [1.165, 1.54) is 25.9 Å². The van der Waals surface area contributed by atoms with E-state index in [1.54, 1.807) is 19.1 Å². The maximum absolute atomic E-state index is 12.2. The van der Waals surface area contributed by atoms with E-state index in [0.717, 1.165) is 24.4 Å². The smallest absolute Gasteiger partial charge is 0.257 e. The van der Waals surface area contributed by atoms with Crippen LogP contribution in [0.1, 0.15) is 42.4 Å². The number of aromatic nitrogens is 2. The molecule has 134 valence electrons. The molecule has 2 heterocycles. The number of likely N-dealkylation sites (tertiary alicyclic amines) is 1. The normalized spacial score (nSPS) is 16.1. The number of carbonyl (C=O) groups is 1. The van der Waals surface area contributed by atoms with Crippen molar-refractivity contribution in [1.82, 2.24) is 20.4 Å². The monoisotopic (exact) mass is 342 g/mol. The van der Waals surface area contributed by atoms with Crippen molar-refractivity contribution >= 4 is 5.91 Å². The fourth-order valence-electron chi connectivity index (χ4n) is 3.07. The number of hydrogen-bond acceptors (Lipinski definition) is 5. The summed E-state index contributed by atoms with van der Waals surface area (Å²) in [5.74, 6) is 1.89. The second-order valence-corrected chi connectivity index (χ2v) is 6.86. The minimum Gasteiger partial charge on any atom is -0.352 e. The van der Waals surface area contributed by atoms with E-state index in [4.69, 9.17) is 4.52 Å². The highest BCUT2D eigenvalue weighted by atomic mass is 16.5. The number of nitrogens with zero attached hydrogens (tertiary/aromatic N) is 3. The third kappa shape index (κ3) is 4.89. The van der Waals surface area contributed by atoms with E-state index in [1.807, 2.05) is 12.1 Å². The molecule has 1 fully saturated rings. The maximum atomic E-state index is 12.2. The van der Waals surface area contributed by atoms with Gasteiger partial charge in [-0.25, -0.2) is 0 Å². The molecule has 0 saturated carbocycles. The first-order valence-electron chi connectivity index (χ1n) is 9.03. The second kappa shape index (κ2) is 8.25. The summed E-state index contributed by atoms with van der Waals surface area (Å²) in [5.41, 5.74) is 1.46. The summed E-state index contributed by atoms with van der Waals surface area (Å²) in [6, 6.07) is 7.24. The van der Waals surface area contributed by atoms with Crippen molar-refractivity contribution < 1.29 is 9.32 Å². The zero-order chi connectivity index (χ0) is 17.6. The van der Waals surface area contributed by atoms with Gasteiger partial charge in [-0.3, -0.25) is 4.79 Å². The largest absolute Gasteiger partial charge is 0.352 e. The van der Waals surface area contributed by atoms with Crippen molar-refractivity contribution in [2.45, 2.75) is 33.1 Å². The number of nitrogens with one attached hydrogen (secondary N) is 1. The van der Waals surface area contributed by atoms with Crippen LogP contribution in [0.15, 0.2) is 28.8 Å². The Labute approximate surface area is 148 Å². The van der Waals surface area contributed by atoms with Gasteiger partial charge in [-0.05, 0) is 76.0 Å². The predicted molar refractivity (Wildman–Crippen MR) is 96.3 cm³/mol. The number of rotatable bonds is 6. The third-order valence-corrected chi connectivity index (χ3v) is 4.73. The van der Waals surface area contributed by atoms with Crippen LogP contribution in [0, 0.1) is 12.8 Å². The summed E-state index contributed by atoms with van der Waals surface area (Å²) >= 11 is 0. The van der Waals surface area contributed by atoms with Crippen LogP contribution in [-0.4, -0.2) is 47.1 Å². The Kier molecular flexibility index (Phi) is 5.81. The van der Waals surface area contributed by atoms with E-state index < -0.39 is 0 Å². The fourth-order valence-corrected chi connectivity index (χ4v) is 3.07. The molecule has 1 N–H and O–H groups in total. The first kappa shape index (κ1) is 17.6. The van der Waals surface area contributed by atoms with E-state index in [0.29, 0.717) is 23.8 Å². The number of amides is 1. The molecule has 2 aromatic rings. The summed E-state index contributed by atoms with van der Waals surface area (Å²) in [7, 11) is 0. The molecule has 6 heteroatoms. The molecule has 1 saturated heterocycles. The molecule has 1 aliphatic rings.